The van der Waals surface area contributed by atoms with Crippen LogP contribution >= 0.6 is 0 Å². The van der Waals surface area contributed by atoms with E-state index in [2.05, 4.69) is 5.32 Å². The Hall–Kier alpha value is -1.81. The smallest absolute Gasteiger partial charge is 0.329 e. The molecular weight excluding hydrogens is 238 g/mol. The van der Waals surface area contributed by atoms with Crippen LogP contribution in [0, 0.1) is 11.3 Å². The molecule has 0 atom stereocenters. The van der Waals surface area contributed by atoms with Gasteiger partial charge in [-0.1, -0.05) is 0 Å². The molecule has 0 saturated heterocycles. The summed E-state index contributed by atoms with van der Waals surface area (Å²) in [5.41, 5.74) is 0. The molecule has 2 amide bonds. The fourth-order valence-electron chi connectivity index (χ4n) is 1.26. The van der Waals surface area contributed by atoms with Crippen molar-refractivity contribution < 1.29 is 19.4 Å². The third-order valence-corrected chi connectivity index (χ3v) is 2.10. The Labute approximate surface area is 106 Å². The number of aliphatic carboxylic acids is 1. The summed E-state index contributed by atoms with van der Waals surface area (Å²) >= 11 is 0. The van der Waals surface area contributed by atoms with Crippen molar-refractivity contribution in [2.75, 3.05) is 26.3 Å². The molecule has 0 rings (SSSR count). The number of carbonyl (C=O) groups is 2. The van der Waals surface area contributed by atoms with Crippen molar-refractivity contribution in [1.29, 1.82) is 5.26 Å². The molecule has 0 aliphatic rings. The van der Waals surface area contributed by atoms with Gasteiger partial charge >= 0.3 is 12.0 Å². The van der Waals surface area contributed by atoms with Crippen molar-refractivity contribution >= 4 is 12.0 Å². The summed E-state index contributed by atoms with van der Waals surface area (Å²) in [5.74, 6) is -1.04. The molecule has 0 heterocycles. The van der Waals surface area contributed by atoms with Crippen LogP contribution in [-0.4, -0.2) is 54.4 Å². The minimum atomic E-state index is -1.04. The maximum absolute atomic E-state index is 11.7. The standard InChI is InChI=1S/C11H19N3O4/c1-9(2)14(6-3-4-12)11(17)13-5-7-18-8-10(15)16/h9H,3,5-8H2,1-2H3,(H,13,17)(H,15,16). The highest BCUT2D eigenvalue weighted by atomic mass is 16.5. The number of carboxylic acids is 1. The number of carboxylic acid groups (broad SMARTS) is 1. The highest BCUT2D eigenvalue weighted by Crippen LogP contribution is 1.99. The van der Waals surface area contributed by atoms with E-state index in [4.69, 9.17) is 15.1 Å². The van der Waals surface area contributed by atoms with Crippen molar-refractivity contribution in [2.24, 2.45) is 0 Å². The van der Waals surface area contributed by atoms with E-state index in [1.165, 1.54) is 0 Å². The van der Waals surface area contributed by atoms with Gasteiger partial charge in [0.2, 0.25) is 0 Å². The molecule has 0 unspecified atom stereocenters. The normalized spacial score (nSPS) is 9.89. The second-order valence-electron chi connectivity index (χ2n) is 3.87. The Kier molecular flexibility index (Phi) is 8.31. The summed E-state index contributed by atoms with van der Waals surface area (Å²) in [6.07, 6.45) is 0.279. The van der Waals surface area contributed by atoms with Crippen LogP contribution in [0.3, 0.4) is 0 Å². The molecule has 0 fully saturated rings. The Morgan fingerprint density at radius 1 is 1.50 bits per heavy atom. The van der Waals surface area contributed by atoms with Crippen LogP contribution in [0.2, 0.25) is 0 Å². The summed E-state index contributed by atoms with van der Waals surface area (Å²) in [4.78, 5) is 23.4. The van der Waals surface area contributed by atoms with Crippen molar-refractivity contribution in [1.82, 2.24) is 10.2 Å². The first-order valence-corrected chi connectivity index (χ1v) is 5.70. The summed E-state index contributed by atoms with van der Waals surface area (Å²) in [5, 5.41) is 19.4. The molecular formula is C11H19N3O4. The Morgan fingerprint density at radius 3 is 2.67 bits per heavy atom. The monoisotopic (exact) mass is 257 g/mol. The summed E-state index contributed by atoms with van der Waals surface area (Å²) < 4.78 is 4.78. The highest BCUT2D eigenvalue weighted by Gasteiger charge is 2.15. The lowest BCUT2D eigenvalue weighted by atomic mass is 10.3. The quantitative estimate of drug-likeness (QED) is 0.613. The number of hydrogen-bond acceptors (Lipinski definition) is 4. The van der Waals surface area contributed by atoms with E-state index in [-0.39, 0.29) is 38.3 Å². The van der Waals surface area contributed by atoms with Gasteiger partial charge in [-0.3, -0.25) is 0 Å². The summed E-state index contributed by atoms with van der Waals surface area (Å²) in [6.45, 7) is 4.09. The van der Waals surface area contributed by atoms with E-state index in [0.29, 0.717) is 6.54 Å². The molecule has 18 heavy (non-hydrogen) atoms. The van der Waals surface area contributed by atoms with Gasteiger partial charge in [-0.15, -0.1) is 0 Å². The molecule has 0 bridgehead atoms. The van der Waals surface area contributed by atoms with Crippen LogP contribution < -0.4 is 5.32 Å². The summed E-state index contributed by atoms with van der Waals surface area (Å²) in [6, 6.07) is 1.71. The first-order valence-electron chi connectivity index (χ1n) is 5.70. The molecule has 0 aromatic carbocycles. The topological polar surface area (TPSA) is 103 Å². The van der Waals surface area contributed by atoms with E-state index in [1.54, 1.807) is 4.90 Å². The molecule has 0 aromatic rings. The number of rotatable bonds is 8. The van der Waals surface area contributed by atoms with Crippen molar-refractivity contribution in [3.05, 3.63) is 0 Å². The zero-order valence-corrected chi connectivity index (χ0v) is 10.7. The van der Waals surface area contributed by atoms with Gasteiger partial charge in [-0.25, -0.2) is 9.59 Å². The molecule has 7 nitrogen and oxygen atoms in total. The number of nitrogens with zero attached hydrogens (tertiary/aromatic N) is 2. The Bertz CT molecular complexity index is 312. The van der Waals surface area contributed by atoms with Gasteiger partial charge in [0, 0.05) is 19.1 Å². The number of amides is 2. The third-order valence-electron chi connectivity index (χ3n) is 2.10. The average molecular weight is 257 g/mol. The number of nitriles is 1. The lowest BCUT2D eigenvalue weighted by molar-refractivity contribution is -0.142. The van der Waals surface area contributed by atoms with Gasteiger partial charge < -0.3 is 20.1 Å². The van der Waals surface area contributed by atoms with Crippen molar-refractivity contribution in [3.63, 3.8) is 0 Å². The fourth-order valence-corrected chi connectivity index (χ4v) is 1.26. The number of hydrogen-bond donors (Lipinski definition) is 2. The minimum absolute atomic E-state index is 0.00159. The number of carbonyl (C=O) groups excluding carboxylic acids is 1. The van der Waals surface area contributed by atoms with E-state index in [0.717, 1.165) is 0 Å². The largest absolute Gasteiger partial charge is 0.480 e. The van der Waals surface area contributed by atoms with Crippen LogP contribution in [0.4, 0.5) is 4.79 Å². The zero-order valence-electron chi connectivity index (χ0n) is 10.7. The van der Waals surface area contributed by atoms with Crippen LogP contribution in [0.1, 0.15) is 20.3 Å². The third kappa shape index (κ3) is 7.46. The molecule has 0 radical (unpaired) electrons. The van der Waals surface area contributed by atoms with Crippen LogP contribution in [0.25, 0.3) is 0 Å². The average Bonchev–Trinajstić information content (AvgIpc) is 2.28. The number of ether oxygens (including phenoxy) is 1. The predicted molar refractivity (Wildman–Crippen MR) is 63.9 cm³/mol. The van der Waals surface area contributed by atoms with Gasteiger partial charge in [0.1, 0.15) is 6.61 Å². The van der Waals surface area contributed by atoms with E-state index in [9.17, 15) is 9.59 Å². The highest BCUT2D eigenvalue weighted by molar-refractivity contribution is 5.74. The van der Waals surface area contributed by atoms with E-state index >= 15 is 0 Å². The van der Waals surface area contributed by atoms with Gasteiger partial charge in [-0.05, 0) is 13.8 Å². The maximum Gasteiger partial charge on any atom is 0.329 e. The zero-order chi connectivity index (χ0) is 14.0. The van der Waals surface area contributed by atoms with Crippen molar-refractivity contribution in [2.45, 2.75) is 26.3 Å². The van der Waals surface area contributed by atoms with E-state index < -0.39 is 5.97 Å². The van der Waals surface area contributed by atoms with Gasteiger partial charge in [0.25, 0.3) is 0 Å². The van der Waals surface area contributed by atoms with Crippen LogP contribution in [0.15, 0.2) is 0 Å². The second kappa shape index (κ2) is 9.24. The first-order chi connectivity index (χ1) is 8.49. The maximum atomic E-state index is 11.7. The predicted octanol–water partition coefficient (Wildman–Crippen LogP) is 0.421. The second-order valence-corrected chi connectivity index (χ2v) is 3.87. The molecule has 0 saturated carbocycles. The lowest BCUT2D eigenvalue weighted by Crippen LogP contribution is -2.45. The SMILES string of the molecule is CC(C)N(CCC#N)C(=O)NCCOCC(=O)O. The number of urea groups is 1. The summed E-state index contributed by atoms with van der Waals surface area (Å²) in [7, 11) is 0. The number of nitrogens with one attached hydrogen (secondary N) is 1. The van der Waals surface area contributed by atoms with Crippen LogP contribution in [-0.2, 0) is 9.53 Å². The van der Waals surface area contributed by atoms with Gasteiger partial charge in [-0.2, -0.15) is 5.26 Å². The lowest BCUT2D eigenvalue weighted by Gasteiger charge is -2.25. The van der Waals surface area contributed by atoms with Crippen molar-refractivity contribution in [3.8, 4) is 6.07 Å². The molecule has 0 aliphatic heterocycles. The van der Waals surface area contributed by atoms with Crippen LogP contribution in [0.5, 0.6) is 0 Å². The van der Waals surface area contributed by atoms with Gasteiger partial charge in [0.15, 0.2) is 0 Å². The first kappa shape index (κ1) is 16.2. The van der Waals surface area contributed by atoms with Gasteiger partial charge in [0.05, 0.1) is 19.1 Å². The molecule has 0 aliphatic carbocycles. The fraction of sp³-hybridized carbons (Fsp3) is 0.727. The molecule has 0 spiro atoms. The minimum Gasteiger partial charge on any atom is -0.480 e. The molecule has 7 heteroatoms. The Morgan fingerprint density at radius 2 is 2.17 bits per heavy atom. The Balaban J connectivity index is 3.89. The molecule has 102 valence electrons. The molecule has 0 aromatic heterocycles. The van der Waals surface area contributed by atoms with E-state index in [1.807, 2.05) is 19.9 Å². The molecule has 2 N–H and O–H groups in total.